The van der Waals surface area contributed by atoms with E-state index in [1.807, 2.05) is 12.1 Å². The van der Waals surface area contributed by atoms with Gasteiger partial charge in [0.05, 0.1) is 11.3 Å². The van der Waals surface area contributed by atoms with Crippen LogP contribution in [0.2, 0.25) is 0 Å². The van der Waals surface area contributed by atoms with Crippen LogP contribution in [0.5, 0.6) is 0 Å². The van der Waals surface area contributed by atoms with Crippen LogP contribution >= 0.6 is 15.9 Å². The van der Waals surface area contributed by atoms with Gasteiger partial charge in [-0.05, 0) is 51.7 Å². The monoisotopic (exact) mass is 355 g/mol. The summed E-state index contributed by atoms with van der Waals surface area (Å²) in [4.78, 5) is 2.12. The minimum atomic E-state index is -4.29. The highest BCUT2D eigenvalue weighted by atomic mass is 79.9. The van der Waals surface area contributed by atoms with Crippen molar-refractivity contribution < 1.29 is 13.2 Å². The fraction of sp³-hybridized carbons (Fsp3) is 0.250. The Hall–Kier alpha value is -1.49. The van der Waals surface area contributed by atoms with Crippen molar-refractivity contribution in [3.63, 3.8) is 0 Å². The molecule has 0 aliphatic carbocycles. The maximum atomic E-state index is 12.8. The molecular formula is C16H13BrF3N. The van der Waals surface area contributed by atoms with Crippen molar-refractivity contribution in [2.24, 2.45) is 0 Å². The maximum Gasteiger partial charge on any atom is 0.416 e. The molecule has 0 spiro atoms. The van der Waals surface area contributed by atoms with Gasteiger partial charge >= 0.3 is 6.18 Å². The van der Waals surface area contributed by atoms with Crippen LogP contribution in [0.15, 0.2) is 46.9 Å². The Morgan fingerprint density at radius 3 is 2.62 bits per heavy atom. The van der Waals surface area contributed by atoms with E-state index in [9.17, 15) is 13.2 Å². The minimum Gasteiger partial charge on any atom is -0.366 e. The summed E-state index contributed by atoms with van der Waals surface area (Å²) in [5.74, 6) is 0. The van der Waals surface area contributed by atoms with E-state index in [2.05, 4.69) is 26.9 Å². The fourth-order valence-electron chi connectivity index (χ4n) is 2.71. The Morgan fingerprint density at radius 1 is 1.10 bits per heavy atom. The average molecular weight is 356 g/mol. The zero-order chi connectivity index (χ0) is 15.0. The number of alkyl halides is 3. The van der Waals surface area contributed by atoms with Crippen LogP contribution in [-0.2, 0) is 19.1 Å². The van der Waals surface area contributed by atoms with Gasteiger partial charge in [-0.3, -0.25) is 0 Å². The first kappa shape index (κ1) is 14.4. The summed E-state index contributed by atoms with van der Waals surface area (Å²) in [6, 6.07) is 11.6. The van der Waals surface area contributed by atoms with Gasteiger partial charge in [0, 0.05) is 17.6 Å². The third-order valence-electron chi connectivity index (χ3n) is 3.67. The molecule has 0 N–H and O–H groups in total. The number of benzene rings is 2. The summed E-state index contributed by atoms with van der Waals surface area (Å²) in [5, 5.41) is 0. The Morgan fingerprint density at radius 2 is 1.86 bits per heavy atom. The number of para-hydroxylation sites is 1. The van der Waals surface area contributed by atoms with Crippen molar-refractivity contribution in [2.45, 2.75) is 19.1 Å². The van der Waals surface area contributed by atoms with Crippen molar-refractivity contribution in [3.05, 3.63) is 63.6 Å². The minimum absolute atomic E-state index is 0.486. The second kappa shape index (κ2) is 5.37. The largest absolute Gasteiger partial charge is 0.416 e. The second-order valence-electron chi connectivity index (χ2n) is 5.12. The van der Waals surface area contributed by atoms with E-state index < -0.39 is 11.7 Å². The van der Waals surface area contributed by atoms with E-state index in [1.54, 1.807) is 6.07 Å². The summed E-state index contributed by atoms with van der Waals surface area (Å²) >= 11 is 3.53. The van der Waals surface area contributed by atoms with Gasteiger partial charge in [-0.2, -0.15) is 13.2 Å². The molecule has 0 saturated carbocycles. The van der Waals surface area contributed by atoms with Crippen LogP contribution in [-0.4, -0.2) is 6.54 Å². The Kier molecular flexibility index (Phi) is 3.69. The van der Waals surface area contributed by atoms with Gasteiger partial charge in [0.25, 0.3) is 0 Å². The van der Waals surface area contributed by atoms with Gasteiger partial charge in [-0.1, -0.05) is 24.3 Å². The maximum absolute atomic E-state index is 12.8. The molecule has 110 valence electrons. The molecular weight excluding hydrogens is 343 g/mol. The standard InChI is InChI=1S/C16H13BrF3N/c17-14-6-2-4-12-7-8-21(15(12)14)10-11-3-1-5-13(9-11)16(18,19)20/h1-6,9H,7-8,10H2. The van der Waals surface area contributed by atoms with Gasteiger partial charge in [0.15, 0.2) is 0 Å². The number of fused-ring (bicyclic) bond motifs is 1. The van der Waals surface area contributed by atoms with Gasteiger partial charge < -0.3 is 4.90 Å². The quantitative estimate of drug-likeness (QED) is 0.730. The molecule has 0 unspecified atom stereocenters. The van der Waals surface area contributed by atoms with Crippen LogP contribution in [0.3, 0.4) is 0 Å². The number of nitrogens with zero attached hydrogens (tertiary/aromatic N) is 1. The lowest BCUT2D eigenvalue weighted by molar-refractivity contribution is -0.137. The van der Waals surface area contributed by atoms with E-state index in [0.29, 0.717) is 12.1 Å². The zero-order valence-corrected chi connectivity index (χ0v) is 12.7. The third-order valence-corrected chi connectivity index (χ3v) is 4.31. The number of hydrogen-bond acceptors (Lipinski definition) is 1. The molecule has 0 atom stereocenters. The first-order valence-corrected chi connectivity index (χ1v) is 7.43. The molecule has 2 aromatic carbocycles. The smallest absolute Gasteiger partial charge is 0.366 e. The van der Waals surface area contributed by atoms with E-state index in [-0.39, 0.29) is 0 Å². The molecule has 1 aliphatic heterocycles. The average Bonchev–Trinajstić information content (AvgIpc) is 2.83. The highest BCUT2D eigenvalue weighted by Gasteiger charge is 2.30. The van der Waals surface area contributed by atoms with E-state index in [0.717, 1.165) is 29.2 Å². The molecule has 0 amide bonds. The van der Waals surface area contributed by atoms with Gasteiger partial charge in [0.2, 0.25) is 0 Å². The molecule has 3 rings (SSSR count). The Labute approximate surface area is 129 Å². The summed E-state index contributed by atoms with van der Waals surface area (Å²) in [5.41, 5.74) is 2.41. The summed E-state index contributed by atoms with van der Waals surface area (Å²) < 4.78 is 39.3. The number of rotatable bonds is 2. The molecule has 1 heterocycles. The van der Waals surface area contributed by atoms with Crippen LogP contribution in [0.1, 0.15) is 16.7 Å². The molecule has 0 saturated heterocycles. The third kappa shape index (κ3) is 2.93. The predicted octanol–water partition coefficient (Wildman–Crippen LogP) is 5.03. The lowest BCUT2D eigenvalue weighted by Crippen LogP contribution is -2.20. The molecule has 1 nitrogen and oxygen atoms in total. The first-order valence-electron chi connectivity index (χ1n) is 6.63. The summed E-state index contributed by atoms with van der Waals surface area (Å²) in [6.07, 6.45) is -3.37. The van der Waals surface area contributed by atoms with Crippen molar-refractivity contribution in [1.29, 1.82) is 0 Å². The van der Waals surface area contributed by atoms with E-state index >= 15 is 0 Å². The SMILES string of the molecule is FC(F)(F)c1cccc(CN2CCc3cccc(Br)c32)c1. The highest BCUT2D eigenvalue weighted by Crippen LogP contribution is 2.36. The van der Waals surface area contributed by atoms with Crippen LogP contribution in [0.25, 0.3) is 0 Å². The molecule has 2 aromatic rings. The lowest BCUT2D eigenvalue weighted by atomic mass is 10.1. The highest BCUT2D eigenvalue weighted by molar-refractivity contribution is 9.10. The molecule has 0 fully saturated rings. The van der Waals surface area contributed by atoms with Gasteiger partial charge in [-0.25, -0.2) is 0 Å². The molecule has 0 aromatic heterocycles. The normalized spacial score (nSPS) is 14.4. The van der Waals surface area contributed by atoms with Gasteiger partial charge in [-0.15, -0.1) is 0 Å². The molecule has 0 radical (unpaired) electrons. The van der Waals surface area contributed by atoms with E-state index in [4.69, 9.17) is 0 Å². The summed E-state index contributed by atoms with van der Waals surface area (Å²) in [6.45, 7) is 1.31. The second-order valence-corrected chi connectivity index (χ2v) is 5.97. The van der Waals surface area contributed by atoms with Crippen LogP contribution < -0.4 is 4.90 Å². The number of halogens is 4. The first-order chi connectivity index (χ1) is 9.95. The molecule has 21 heavy (non-hydrogen) atoms. The van der Waals surface area contributed by atoms with Crippen molar-refractivity contribution in [1.82, 2.24) is 0 Å². The zero-order valence-electron chi connectivity index (χ0n) is 11.1. The Bertz CT molecular complexity index is 667. The van der Waals surface area contributed by atoms with E-state index in [1.165, 1.54) is 17.7 Å². The Balaban J connectivity index is 1.87. The lowest BCUT2D eigenvalue weighted by Gasteiger charge is -2.21. The summed E-state index contributed by atoms with van der Waals surface area (Å²) in [7, 11) is 0. The molecule has 0 bridgehead atoms. The molecule has 5 heteroatoms. The topological polar surface area (TPSA) is 3.24 Å². The van der Waals surface area contributed by atoms with Crippen molar-refractivity contribution >= 4 is 21.6 Å². The van der Waals surface area contributed by atoms with Crippen LogP contribution in [0.4, 0.5) is 18.9 Å². The number of hydrogen-bond donors (Lipinski definition) is 0. The fourth-order valence-corrected chi connectivity index (χ4v) is 3.37. The number of anilines is 1. The van der Waals surface area contributed by atoms with Crippen LogP contribution in [0, 0.1) is 0 Å². The molecule has 1 aliphatic rings. The van der Waals surface area contributed by atoms with Gasteiger partial charge in [0.1, 0.15) is 0 Å². The predicted molar refractivity (Wildman–Crippen MR) is 80.3 cm³/mol. The van der Waals surface area contributed by atoms with Crippen molar-refractivity contribution in [3.8, 4) is 0 Å². The van der Waals surface area contributed by atoms with Crippen molar-refractivity contribution in [2.75, 3.05) is 11.4 Å².